The highest BCUT2D eigenvalue weighted by atomic mass is 32.1. The molecule has 0 saturated carbocycles. The molecular weight excluding hydrogens is 226 g/mol. The van der Waals surface area contributed by atoms with Crippen LogP contribution in [-0.4, -0.2) is 40.5 Å². The van der Waals surface area contributed by atoms with E-state index in [0.717, 1.165) is 12.1 Å². The number of nitrogens with two attached hydrogens (primary N) is 1. The molecule has 7 heteroatoms. The van der Waals surface area contributed by atoms with Crippen molar-refractivity contribution in [1.29, 1.82) is 0 Å². The number of nitrogens with zero attached hydrogens (tertiary/aromatic N) is 3. The zero-order valence-electron chi connectivity index (χ0n) is 9.56. The molecule has 1 aromatic heterocycles. The van der Waals surface area contributed by atoms with E-state index in [1.165, 1.54) is 11.5 Å². The summed E-state index contributed by atoms with van der Waals surface area (Å²) in [5, 5.41) is 7.32. The van der Waals surface area contributed by atoms with Gasteiger partial charge in [0.15, 0.2) is 0 Å². The molecule has 16 heavy (non-hydrogen) atoms. The average Bonchev–Trinajstić information content (AvgIpc) is 2.61. The first-order valence-corrected chi connectivity index (χ1v) is 5.92. The van der Waals surface area contributed by atoms with Crippen LogP contribution in [0.4, 0.5) is 5.00 Å². The van der Waals surface area contributed by atoms with E-state index in [2.05, 4.69) is 14.9 Å². The van der Waals surface area contributed by atoms with Crippen LogP contribution in [0.15, 0.2) is 0 Å². The molecule has 90 valence electrons. The van der Waals surface area contributed by atoms with Crippen molar-refractivity contribution in [2.45, 2.75) is 19.9 Å². The zero-order chi connectivity index (χ0) is 12.0. The van der Waals surface area contributed by atoms with Crippen molar-refractivity contribution in [3.63, 3.8) is 0 Å². The highest BCUT2D eigenvalue weighted by Crippen LogP contribution is 2.13. The van der Waals surface area contributed by atoms with Crippen LogP contribution in [0.2, 0.25) is 0 Å². The third kappa shape index (κ3) is 4.11. The molecule has 0 aliphatic rings. The molecule has 0 unspecified atom stereocenters. The summed E-state index contributed by atoms with van der Waals surface area (Å²) < 4.78 is 3.74. The Morgan fingerprint density at radius 2 is 2.38 bits per heavy atom. The second-order valence-corrected chi connectivity index (χ2v) is 4.39. The standard InChI is InChI=1S/C9H17N5OS/c1-3-4-11-8(15)6-14(2)5-7-9(10)16-13-12-7/h3-6,10H2,1-2H3,(H,11,15). The Morgan fingerprint density at radius 3 is 2.94 bits per heavy atom. The molecule has 0 aliphatic carbocycles. The van der Waals surface area contributed by atoms with Crippen LogP contribution in [0.1, 0.15) is 19.0 Å². The van der Waals surface area contributed by atoms with Crippen LogP contribution in [-0.2, 0) is 11.3 Å². The Hall–Kier alpha value is -1.21. The first-order valence-electron chi connectivity index (χ1n) is 5.15. The van der Waals surface area contributed by atoms with Crippen molar-refractivity contribution in [2.75, 3.05) is 25.9 Å². The van der Waals surface area contributed by atoms with E-state index in [0.29, 0.717) is 24.6 Å². The molecule has 6 nitrogen and oxygen atoms in total. The second kappa shape index (κ2) is 6.39. The second-order valence-electron chi connectivity index (χ2n) is 3.61. The Labute approximate surface area is 99.0 Å². The highest BCUT2D eigenvalue weighted by molar-refractivity contribution is 7.09. The molecule has 0 atom stereocenters. The number of carbonyl (C=O) groups excluding carboxylic acids is 1. The van der Waals surface area contributed by atoms with Crippen LogP contribution in [0.25, 0.3) is 0 Å². The molecule has 1 heterocycles. The number of hydrogen-bond acceptors (Lipinski definition) is 6. The van der Waals surface area contributed by atoms with Crippen LogP contribution in [0, 0.1) is 0 Å². The summed E-state index contributed by atoms with van der Waals surface area (Å²) in [7, 11) is 1.85. The number of carbonyl (C=O) groups is 1. The van der Waals surface area contributed by atoms with Crippen molar-refractivity contribution in [1.82, 2.24) is 19.8 Å². The SMILES string of the molecule is CCCNC(=O)CN(C)Cc1nnsc1N. The monoisotopic (exact) mass is 243 g/mol. The Kier molecular flexibility index (Phi) is 5.13. The lowest BCUT2D eigenvalue weighted by Crippen LogP contribution is -2.35. The van der Waals surface area contributed by atoms with Crippen molar-refractivity contribution in [3.05, 3.63) is 5.69 Å². The molecule has 1 rings (SSSR count). The predicted octanol–water partition coefficient (Wildman–Crippen LogP) is 0.0783. The van der Waals surface area contributed by atoms with Crippen molar-refractivity contribution < 1.29 is 4.79 Å². The Bertz CT molecular complexity index is 340. The normalized spacial score (nSPS) is 10.7. The van der Waals surface area contributed by atoms with Crippen LogP contribution in [0.5, 0.6) is 0 Å². The summed E-state index contributed by atoms with van der Waals surface area (Å²) in [5.74, 6) is 0.0195. The summed E-state index contributed by atoms with van der Waals surface area (Å²) in [6, 6.07) is 0. The molecule has 0 saturated heterocycles. The van der Waals surface area contributed by atoms with Gasteiger partial charge in [0.1, 0.15) is 10.7 Å². The minimum absolute atomic E-state index is 0.0195. The van der Waals surface area contributed by atoms with Gasteiger partial charge in [-0.1, -0.05) is 11.4 Å². The number of anilines is 1. The van der Waals surface area contributed by atoms with E-state index >= 15 is 0 Å². The van der Waals surface area contributed by atoms with E-state index in [-0.39, 0.29) is 5.91 Å². The average molecular weight is 243 g/mol. The Morgan fingerprint density at radius 1 is 1.62 bits per heavy atom. The third-order valence-electron chi connectivity index (χ3n) is 1.99. The minimum Gasteiger partial charge on any atom is -0.388 e. The number of likely N-dealkylation sites (N-methyl/N-ethyl adjacent to an activating group) is 1. The number of amides is 1. The summed E-state index contributed by atoms with van der Waals surface area (Å²) >= 11 is 1.17. The summed E-state index contributed by atoms with van der Waals surface area (Å²) in [6.45, 7) is 3.62. The molecule has 0 spiro atoms. The van der Waals surface area contributed by atoms with Gasteiger partial charge in [-0.15, -0.1) is 5.10 Å². The van der Waals surface area contributed by atoms with Gasteiger partial charge >= 0.3 is 0 Å². The third-order valence-corrected chi connectivity index (χ3v) is 2.59. The first kappa shape index (κ1) is 12.9. The van der Waals surface area contributed by atoms with Gasteiger partial charge < -0.3 is 11.1 Å². The van der Waals surface area contributed by atoms with Gasteiger partial charge in [0.05, 0.1) is 6.54 Å². The Balaban J connectivity index is 2.33. The van der Waals surface area contributed by atoms with Gasteiger partial charge in [0, 0.05) is 24.6 Å². The predicted molar refractivity (Wildman–Crippen MR) is 64.0 cm³/mol. The van der Waals surface area contributed by atoms with Gasteiger partial charge in [-0.05, 0) is 13.5 Å². The summed E-state index contributed by atoms with van der Waals surface area (Å²) in [4.78, 5) is 13.3. The summed E-state index contributed by atoms with van der Waals surface area (Å²) in [5.41, 5.74) is 6.40. The van der Waals surface area contributed by atoms with E-state index in [4.69, 9.17) is 5.73 Å². The molecule has 3 N–H and O–H groups in total. The van der Waals surface area contributed by atoms with Gasteiger partial charge in [-0.3, -0.25) is 9.69 Å². The van der Waals surface area contributed by atoms with E-state index in [1.807, 2.05) is 18.9 Å². The molecule has 0 radical (unpaired) electrons. The van der Waals surface area contributed by atoms with E-state index < -0.39 is 0 Å². The smallest absolute Gasteiger partial charge is 0.234 e. The minimum atomic E-state index is 0.0195. The lowest BCUT2D eigenvalue weighted by molar-refractivity contribution is -0.122. The lowest BCUT2D eigenvalue weighted by Gasteiger charge is -2.14. The summed E-state index contributed by atoms with van der Waals surface area (Å²) in [6.07, 6.45) is 0.943. The van der Waals surface area contributed by atoms with Gasteiger partial charge in [0.25, 0.3) is 0 Å². The maximum absolute atomic E-state index is 11.4. The van der Waals surface area contributed by atoms with Gasteiger partial charge in [-0.25, -0.2) is 0 Å². The van der Waals surface area contributed by atoms with Crippen LogP contribution < -0.4 is 11.1 Å². The number of aromatic nitrogens is 2. The molecule has 1 aromatic rings. The maximum Gasteiger partial charge on any atom is 0.234 e. The number of rotatable bonds is 6. The fraction of sp³-hybridized carbons (Fsp3) is 0.667. The van der Waals surface area contributed by atoms with Crippen molar-refractivity contribution in [3.8, 4) is 0 Å². The van der Waals surface area contributed by atoms with E-state index in [1.54, 1.807) is 0 Å². The topological polar surface area (TPSA) is 84.1 Å². The van der Waals surface area contributed by atoms with E-state index in [9.17, 15) is 4.79 Å². The number of nitrogen functional groups attached to an aromatic ring is 1. The van der Waals surface area contributed by atoms with Crippen molar-refractivity contribution >= 4 is 22.4 Å². The van der Waals surface area contributed by atoms with Gasteiger partial charge in [-0.2, -0.15) is 0 Å². The maximum atomic E-state index is 11.4. The molecule has 0 bridgehead atoms. The largest absolute Gasteiger partial charge is 0.388 e. The highest BCUT2D eigenvalue weighted by Gasteiger charge is 2.10. The molecule has 0 aliphatic heterocycles. The molecule has 0 aromatic carbocycles. The fourth-order valence-corrected chi connectivity index (χ4v) is 1.64. The van der Waals surface area contributed by atoms with Crippen LogP contribution in [0.3, 0.4) is 0 Å². The number of hydrogen-bond donors (Lipinski definition) is 2. The molecule has 0 fully saturated rings. The first-order chi connectivity index (χ1) is 7.63. The lowest BCUT2D eigenvalue weighted by atomic mass is 10.4. The zero-order valence-corrected chi connectivity index (χ0v) is 10.4. The van der Waals surface area contributed by atoms with Crippen molar-refractivity contribution in [2.24, 2.45) is 0 Å². The molecule has 1 amide bonds. The van der Waals surface area contributed by atoms with Crippen LogP contribution >= 0.6 is 11.5 Å². The number of nitrogens with one attached hydrogen (secondary N) is 1. The molecular formula is C9H17N5OS. The van der Waals surface area contributed by atoms with Gasteiger partial charge in [0.2, 0.25) is 5.91 Å². The quantitative estimate of drug-likeness (QED) is 0.739. The fourth-order valence-electron chi connectivity index (χ4n) is 1.20.